The zero-order chi connectivity index (χ0) is 16.0. The molecule has 1 aromatic rings. The van der Waals surface area contributed by atoms with Crippen LogP contribution in [0.25, 0.3) is 0 Å². The van der Waals surface area contributed by atoms with Crippen LogP contribution in [-0.2, 0) is 11.3 Å². The summed E-state index contributed by atoms with van der Waals surface area (Å²) in [5, 5.41) is 6.34. The van der Waals surface area contributed by atoms with Gasteiger partial charge in [-0.25, -0.2) is 4.98 Å². The molecule has 0 aliphatic rings. The van der Waals surface area contributed by atoms with Crippen molar-refractivity contribution in [3.05, 3.63) is 11.1 Å². The lowest BCUT2D eigenvalue weighted by Crippen LogP contribution is -2.30. The summed E-state index contributed by atoms with van der Waals surface area (Å²) in [5.74, 6) is 2.08. The molecule has 0 saturated heterocycles. The minimum atomic E-state index is 0.0473. The van der Waals surface area contributed by atoms with Crippen molar-refractivity contribution in [2.45, 2.75) is 48.1 Å². The second-order valence-corrected chi connectivity index (χ2v) is 7.00. The lowest BCUT2D eigenvalue weighted by Gasteiger charge is -2.25. The van der Waals surface area contributed by atoms with E-state index in [0.29, 0.717) is 24.3 Å². The maximum atomic E-state index is 11.5. The monoisotopic (exact) mass is 311 g/mol. The number of anilines is 1. The first kappa shape index (κ1) is 18.1. The Bertz CT molecular complexity index is 434. The number of nitrogens with zero attached hydrogens (tertiary/aromatic N) is 2. The Hall–Kier alpha value is -0.940. The van der Waals surface area contributed by atoms with Gasteiger partial charge >= 0.3 is 0 Å². The largest absolute Gasteiger partial charge is 0.311 e. The van der Waals surface area contributed by atoms with E-state index in [9.17, 15) is 4.79 Å². The quantitative estimate of drug-likeness (QED) is 0.799. The van der Waals surface area contributed by atoms with Gasteiger partial charge in [-0.2, -0.15) is 0 Å². The molecule has 0 unspecified atom stereocenters. The molecule has 0 fully saturated rings. The van der Waals surface area contributed by atoms with Crippen molar-refractivity contribution in [1.29, 1.82) is 0 Å². The van der Waals surface area contributed by atoms with E-state index in [2.05, 4.69) is 38.0 Å². The van der Waals surface area contributed by atoms with Gasteiger partial charge in [0.05, 0.1) is 5.69 Å². The molecule has 0 aliphatic carbocycles. The van der Waals surface area contributed by atoms with Crippen molar-refractivity contribution in [1.82, 2.24) is 10.3 Å². The Morgan fingerprint density at radius 3 is 2.43 bits per heavy atom. The van der Waals surface area contributed by atoms with Gasteiger partial charge in [-0.15, -0.1) is 11.3 Å². The molecule has 0 saturated carbocycles. The van der Waals surface area contributed by atoms with Crippen molar-refractivity contribution in [2.75, 3.05) is 18.0 Å². The van der Waals surface area contributed by atoms with Crippen LogP contribution < -0.4 is 10.2 Å². The van der Waals surface area contributed by atoms with E-state index in [4.69, 9.17) is 0 Å². The van der Waals surface area contributed by atoms with Crippen molar-refractivity contribution in [3.63, 3.8) is 0 Å². The van der Waals surface area contributed by atoms with Gasteiger partial charge in [-0.1, -0.05) is 27.7 Å². The summed E-state index contributed by atoms with van der Waals surface area (Å²) in [6.45, 7) is 15.1. The SMILES string of the molecule is CCN(C(C)=O)c1nc(CNCC(C(C)C)C(C)C)cs1. The van der Waals surface area contributed by atoms with Crippen LogP contribution in [-0.4, -0.2) is 24.0 Å². The van der Waals surface area contributed by atoms with Gasteiger partial charge in [-0.3, -0.25) is 9.69 Å². The molecule has 0 atom stereocenters. The Balaban J connectivity index is 2.54. The number of carbonyl (C=O) groups is 1. The van der Waals surface area contributed by atoms with E-state index in [1.165, 1.54) is 11.3 Å². The van der Waals surface area contributed by atoms with Gasteiger partial charge in [0.1, 0.15) is 0 Å². The van der Waals surface area contributed by atoms with E-state index in [-0.39, 0.29) is 5.91 Å². The fraction of sp³-hybridized carbons (Fsp3) is 0.750. The van der Waals surface area contributed by atoms with Crippen LogP contribution in [0.4, 0.5) is 5.13 Å². The number of hydrogen-bond donors (Lipinski definition) is 1. The molecule has 1 amide bonds. The standard InChI is InChI=1S/C16H29N3OS/c1-7-19(13(6)20)16-18-14(10-21-16)8-17-9-15(11(2)3)12(4)5/h10-12,15,17H,7-9H2,1-6H3. The van der Waals surface area contributed by atoms with E-state index in [0.717, 1.165) is 23.9 Å². The van der Waals surface area contributed by atoms with Crippen molar-refractivity contribution < 1.29 is 4.79 Å². The zero-order valence-electron chi connectivity index (χ0n) is 14.1. The first-order valence-corrected chi connectivity index (χ1v) is 8.68. The van der Waals surface area contributed by atoms with Gasteiger partial charge in [0.15, 0.2) is 5.13 Å². The molecule has 21 heavy (non-hydrogen) atoms. The maximum absolute atomic E-state index is 11.5. The Labute approximate surface area is 133 Å². The van der Waals surface area contributed by atoms with Crippen molar-refractivity contribution in [2.24, 2.45) is 17.8 Å². The summed E-state index contributed by atoms with van der Waals surface area (Å²) in [4.78, 5) is 17.8. The molecule has 4 nitrogen and oxygen atoms in total. The lowest BCUT2D eigenvalue weighted by atomic mass is 9.85. The molecule has 5 heteroatoms. The van der Waals surface area contributed by atoms with Crippen LogP contribution in [0.1, 0.15) is 47.2 Å². The lowest BCUT2D eigenvalue weighted by molar-refractivity contribution is -0.116. The summed E-state index contributed by atoms with van der Waals surface area (Å²) >= 11 is 1.54. The molecule has 0 radical (unpaired) electrons. The van der Waals surface area contributed by atoms with Gasteiger partial charge < -0.3 is 5.32 Å². The topological polar surface area (TPSA) is 45.2 Å². The highest BCUT2D eigenvalue weighted by Crippen LogP contribution is 2.22. The average molecular weight is 311 g/mol. The number of hydrogen-bond acceptors (Lipinski definition) is 4. The summed E-state index contributed by atoms with van der Waals surface area (Å²) in [6, 6.07) is 0. The second-order valence-electron chi connectivity index (χ2n) is 6.17. The molecule has 1 N–H and O–H groups in total. The summed E-state index contributed by atoms with van der Waals surface area (Å²) in [6.07, 6.45) is 0. The van der Waals surface area contributed by atoms with Crippen molar-refractivity contribution in [3.8, 4) is 0 Å². The molecular formula is C16H29N3OS. The molecule has 1 aromatic heterocycles. The third-order valence-corrected chi connectivity index (χ3v) is 4.78. The average Bonchev–Trinajstić information content (AvgIpc) is 2.82. The van der Waals surface area contributed by atoms with E-state index < -0.39 is 0 Å². The molecule has 0 bridgehead atoms. The molecule has 1 rings (SSSR count). The third kappa shape index (κ3) is 5.40. The highest BCUT2D eigenvalue weighted by Gasteiger charge is 2.17. The van der Waals surface area contributed by atoms with Gasteiger partial charge in [0.25, 0.3) is 0 Å². The number of thiazole rings is 1. The Morgan fingerprint density at radius 1 is 1.33 bits per heavy atom. The van der Waals surface area contributed by atoms with Gasteiger partial charge in [0, 0.05) is 25.4 Å². The smallest absolute Gasteiger partial charge is 0.225 e. The number of aromatic nitrogens is 1. The summed E-state index contributed by atoms with van der Waals surface area (Å²) < 4.78 is 0. The van der Waals surface area contributed by atoms with Crippen LogP contribution in [0.2, 0.25) is 0 Å². The van der Waals surface area contributed by atoms with Crippen LogP contribution in [0.3, 0.4) is 0 Å². The predicted octanol–water partition coefficient (Wildman–Crippen LogP) is 3.53. The number of amides is 1. The normalized spacial score (nSPS) is 11.7. The minimum absolute atomic E-state index is 0.0473. The van der Waals surface area contributed by atoms with Crippen LogP contribution in [0, 0.1) is 17.8 Å². The van der Waals surface area contributed by atoms with E-state index in [1.54, 1.807) is 11.8 Å². The summed E-state index contributed by atoms with van der Waals surface area (Å²) in [5.41, 5.74) is 1.01. The molecular weight excluding hydrogens is 282 g/mol. The molecule has 1 heterocycles. The predicted molar refractivity (Wildman–Crippen MR) is 90.7 cm³/mol. The fourth-order valence-electron chi connectivity index (χ4n) is 2.60. The first-order valence-electron chi connectivity index (χ1n) is 7.80. The van der Waals surface area contributed by atoms with Crippen LogP contribution in [0.5, 0.6) is 0 Å². The third-order valence-electron chi connectivity index (χ3n) is 3.87. The Morgan fingerprint density at radius 2 is 1.95 bits per heavy atom. The number of rotatable bonds is 8. The van der Waals surface area contributed by atoms with Gasteiger partial charge in [0.2, 0.25) is 5.91 Å². The molecule has 0 aromatic carbocycles. The molecule has 120 valence electrons. The van der Waals surface area contributed by atoms with Gasteiger partial charge in [-0.05, 0) is 31.2 Å². The van der Waals surface area contributed by atoms with Crippen LogP contribution >= 0.6 is 11.3 Å². The van der Waals surface area contributed by atoms with Crippen LogP contribution in [0.15, 0.2) is 5.38 Å². The minimum Gasteiger partial charge on any atom is -0.311 e. The molecule has 0 spiro atoms. The summed E-state index contributed by atoms with van der Waals surface area (Å²) in [7, 11) is 0. The van der Waals surface area contributed by atoms with E-state index in [1.807, 2.05) is 12.3 Å². The molecule has 0 aliphatic heterocycles. The highest BCUT2D eigenvalue weighted by molar-refractivity contribution is 7.14. The van der Waals surface area contributed by atoms with Crippen molar-refractivity contribution >= 4 is 22.4 Å². The second kappa shape index (κ2) is 8.49. The number of nitrogens with one attached hydrogen (secondary N) is 1. The van der Waals surface area contributed by atoms with E-state index >= 15 is 0 Å². The maximum Gasteiger partial charge on any atom is 0.225 e. The number of carbonyl (C=O) groups excluding carboxylic acids is 1. The zero-order valence-corrected chi connectivity index (χ0v) is 15.0. The first-order chi connectivity index (χ1) is 9.86. The fourth-order valence-corrected chi connectivity index (χ4v) is 3.53. The highest BCUT2D eigenvalue weighted by atomic mass is 32.1. The Kier molecular flexibility index (Phi) is 7.32.